The minimum atomic E-state index is 0.0560. The fourth-order valence-electron chi connectivity index (χ4n) is 0.312. The van der Waals surface area contributed by atoms with Gasteiger partial charge in [-0.05, 0) is 29.3 Å². The Morgan fingerprint density at radius 2 is 2.12 bits per heavy atom. The molecule has 0 aromatic carbocycles. The zero-order chi connectivity index (χ0) is 6.57. The SMILES string of the molecule is C=C(C)CCC(=O)Br. The maximum Gasteiger partial charge on any atom is 0.198 e. The van der Waals surface area contributed by atoms with E-state index < -0.39 is 0 Å². The molecule has 0 bridgehead atoms. The third-order valence-electron chi connectivity index (χ3n) is 0.748. The fraction of sp³-hybridized carbons (Fsp3) is 0.500. The average Bonchev–Trinajstić information content (AvgIpc) is 1.61. The highest BCUT2D eigenvalue weighted by molar-refractivity contribution is 9.18. The van der Waals surface area contributed by atoms with E-state index in [9.17, 15) is 4.79 Å². The van der Waals surface area contributed by atoms with Crippen molar-refractivity contribution in [1.29, 1.82) is 0 Å². The predicted octanol–water partition coefficient (Wildman–Crippen LogP) is 2.26. The van der Waals surface area contributed by atoms with Crippen molar-refractivity contribution in [3.8, 4) is 0 Å². The van der Waals surface area contributed by atoms with E-state index in [1.165, 1.54) is 0 Å². The van der Waals surface area contributed by atoms with Gasteiger partial charge in [0, 0.05) is 6.42 Å². The van der Waals surface area contributed by atoms with Crippen LogP contribution in [-0.4, -0.2) is 4.69 Å². The van der Waals surface area contributed by atoms with E-state index in [-0.39, 0.29) is 4.69 Å². The first-order valence-corrected chi connectivity index (χ1v) is 3.25. The Balaban J connectivity index is 3.18. The first-order valence-electron chi connectivity index (χ1n) is 2.45. The van der Waals surface area contributed by atoms with Crippen LogP contribution in [0.5, 0.6) is 0 Å². The number of carbonyl (C=O) groups excluding carboxylic acids is 1. The van der Waals surface area contributed by atoms with Gasteiger partial charge in [-0.15, -0.1) is 6.58 Å². The topological polar surface area (TPSA) is 17.1 Å². The van der Waals surface area contributed by atoms with Gasteiger partial charge in [0.1, 0.15) is 0 Å². The molecule has 0 aliphatic heterocycles. The Labute approximate surface area is 57.9 Å². The van der Waals surface area contributed by atoms with Gasteiger partial charge in [-0.2, -0.15) is 0 Å². The van der Waals surface area contributed by atoms with E-state index in [0.717, 1.165) is 12.0 Å². The van der Waals surface area contributed by atoms with E-state index in [0.29, 0.717) is 6.42 Å². The van der Waals surface area contributed by atoms with E-state index in [4.69, 9.17) is 0 Å². The molecule has 0 radical (unpaired) electrons. The third-order valence-corrected chi connectivity index (χ3v) is 1.14. The Morgan fingerprint density at radius 3 is 2.25 bits per heavy atom. The molecule has 0 saturated heterocycles. The summed E-state index contributed by atoms with van der Waals surface area (Å²) in [5.74, 6) is 0. The largest absolute Gasteiger partial charge is 0.287 e. The number of hydrogen-bond acceptors (Lipinski definition) is 1. The summed E-state index contributed by atoms with van der Waals surface area (Å²) in [6.45, 7) is 5.57. The fourth-order valence-corrected chi connectivity index (χ4v) is 0.510. The molecule has 0 atom stereocenters. The summed E-state index contributed by atoms with van der Waals surface area (Å²) in [6.07, 6.45) is 1.36. The van der Waals surface area contributed by atoms with Crippen LogP contribution in [0.2, 0.25) is 0 Å². The summed E-state index contributed by atoms with van der Waals surface area (Å²) in [5, 5.41) is 0. The zero-order valence-electron chi connectivity index (χ0n) is 4.91. The monoisotopic (exact) mass is 176 g/mol. The predicted molar refractivity (Wildman–Crippen MR) is 38.0 cm³/mol. The lowest BCUT2D eigenvalue weighted by atomic mass is 10.2. The van der Waals surface area contributed by atoms with E-state index in [2.05, 4.69) is 22.5 Å². The molecule has 0 aromatic heterocycles. The molecule has 0 saturated carbocycles. The van der Waals surface area contributed by atoms with Gasteiger partial charge in [-0.25, -0.2) is 0 Å². The standard InChI is InChI=1S/C6H9BrO/c1-5(2)3-4-6(7)8/h1,3-4H2,2H3. The highest BCUT2D eigenvalue weighted by atomic mass is 79.9. The molecule has 0 aliphatic rings. The number of carbonyl (C=O) groups is 1. The van der Waals surface area contributed by atoms with Crippen molar-refractivity contribution < 1.29 is 4.79 Å². The summed E-state index contributed by atoms with van der Waals surface area (Å²) in [6, 6.07) is 0. The van der Waals surface area contributed by atoms with Crippen LogP contribution in [0.15, 0.2) is 12.2 Å². The van der Waals surface area contributed by atoms with Gasteiger partial charge in [0.25, 0.3) is 0 Å². The minimum Gasteiger partial charge on any atom is -0.287 e. The first-order chi connectivity index (χ1) is 3.63. The van der Waals surface area contributed by atoms with Gasteiger partial charge in [-0.1, -0.05) is 5.57 Å². The number of rotatable bonds is 3. The molecule has 0 amide bonds. The maximum absolute atomic E-state index is 10.2. The average molecular weight is 177 g/mol. The molecule has 0 fully saturated rings. The molecular weight excluding hydrogens is 168 g/mol. The van der Waals surface area contributed by atoms with Crippen LogP contribution in [0, 0.1) is 0 Å². The number of allylic oxidation sites excluding steroid dienone is 1. The lowest BCUT2D eigenvalue weighted by molar-refractivity contribution is -0.110. The van der Waals surface area contributed by atoms with Crippen molar-refractivity contribution in [2.45, 2.75) is 19.8 Å². The number of halogens is 1. The smallest absolute Gasteiger partial charge is 0.198 e. The van der Waals surface area contributed by atoms with Crippen molar-refractivity contribution in [2.75, 3.05) is 0 Å². The van der Waals surface area contributed by atoms with Crippen LogP contribution in [0.25, 0.3) is 0 Å². The molecule has 0 heterocycles. The van der Waals surface area contributed by atoms with Crippen molar-refractivity contribution in [1.82, 2.24) is 0 Å². The first kappa shape index (κ1) is 7.89. The van der Waals surface area contributed by atoms with Crippen LogP contribution in [0.3, 0.4) is 0 Å². The van der Waals surface area contributed by atoms with E-state index in [1.807, 2.05) is 6.92 Å². The van der Waals surface area contributed by atoms with Crippen LogP contribution in [-0.2, 0) is 4.79 Å². The Hall–Kier alpha value is -0.110. The zero-order valence-corrected chi connectivity index (χ0v) is 6.49. The highest BCUT2D eigenvalue weighted by Crippen LogP contribution is 2.03. The molecule has 0 rings (SSSR count). The van der Waals surface area contributed by atoms with Crippen LogP contribution in [0.1, 0.15) is 19.8 Å². The van der Waals surface area contributed by atoms with Crippen molar-refractivity contribution >= 4 is 20.6 Å². The van der Waals surface area contributed by atoms with E-state index >= 15 is 0 Å². The molecule has 2 heteroatoms. The van der Waals surface area contributed by atoms with Gasteiger partial charge >= 0.3 is 0 Å². The Bertz CT molecular complexity index is 93.1. The summed E-state index contributed by atoms with van der Waals surface area (Å²) >= 11 is 2.82. The number of hydrogen-bond donors (Lipinski definition) is 0. The molecule has 0 aliphatic carbocycles. The summed E-state index contributed by atoms with van der Waals surface area (Å²) in [4.78, 5) is 10.2. The lowest BCUT2D eigenvalue weighted by Crippen LogP contribution is -1.84. The molecular formula is C6H9BrO. The van der Waals surface area contributed by atoms with Crippen molar-refractivity contribution in [3.05, 3.63) is 12.2 Å². The van der Waals surface area contributed by atoms with Gasteiger partial charge in [0.05, 0.1) is 0 Å². The van der Waals surface area contributed by atoms with Gasteiger partial charge < -0.3 is 0 Å². The van der Waals surface area contributed by atoms with Crippen molar-refractivity contribution in [2.24, 2.45) is 0 Å². The quantitative estimate of drug-likeness (QED) is 0.477. The molecule has 0 spiro atoms. The molecule has 0 N–H and O–H groups in total. The second-order valence-corrected chi connectivity index (χ2v) is 2.70. The van der Waals surface area contributed by atoms with Gasteiger partial charge in [0.15, 0.2) is 4.69 Å². The summed E-state index contributed by atoms with van der Waals surface area (Å²) < 4.78 is 0.0560. The second kappa shape index (κ2) is 3.84. The maximum atomic E-state index is 10.2. The normalized spacial score (nSPS) is 8.75. The summed E-state index contributed by atoms with van der Waals surface area (Å²) in [7, 11) is 0. The lowest BCUT2D eigenvalue weighted by Gasteiger charge is -1.90. The molecule has 8 heavy (non-hydrogen) atoms. The van der Waals surface area contributed by atoms with Crippen LogP contribution < -0.4 is 0 Å². The Kier molecular flexibility index (Phi) is 3.79. The van der Waals surface area contributed by atoms with E-state index in [1.54, 1.807) is 0 Å². The molecule has 46 valence electrons. The molecule has 1 nitrogen and oxygen atoms in total. The van der Waals surface area contributed by atoms with Crippen LogP contribution in [0.4, 0.5) is 0 Å². The Morgan fingerprint density at radius 1 is 1.62 bits per heavy atom. The summed E-state index contributed by atoms with van der Waals surface area (Å²) in [5.41, 5.74) is 1.05. The molecule has 0 aromatic rings. The van der Waals surface area contributed by atoms with Crippen LogP contribution >= 0.6 is 15.9 Å². The second-order valence-electron chi connectivity index (χ2n) is 1.81. The van der Waals surface area contributed by atoms with Gasteiger partial charge in [-0.3, -0.25) is 4.79 Å². The van der Waals surface area contributed by atoms with Gasteiger partial charge in [0.2, 0.25) is 0 Å². The minimum absolute atomic E-state index is 0.0560. The van der Waals surface area contributed by atoms with Crippen molar-refractivity contribution in [3.63, 3.8) is 0 Å². The molecule has 0 unspecified atom stereocenters. The third kappa shape index (κ3) is 5.89. The highest BCUT2D eigenvalue weighted by Gasteiger charge is 1.92.